The van der Waals surface area contributed by atoms with Crippen molar-refractivity contribution in [2.24, 2.45) is 0 Å². The Hall–Kier alpha value is -1.93. The average Bonchev–Trinajstić information content (AvgIpc) is 3.13. The quantitative estimate of drug-likeness (QED) is 0.358. The van der Waals surface area contributed by atoms with Crippen LogP contribution in [0.1, 0.15) is 43.6 Å². The third-order valence-electron chi connectivity index (χ3n) is 6.20. The van der Waals surface area contributed by atoms with E-state index in [0.29, 0.717) is 18.1 Å². The molecule has 0 radical (unpaired) electrons. The Kier molecular flexibility index (Phi) is 8.64. The van der Waals surface area contributed by atoms with Crippen molar-refractivity contribution in [1.29, 1.82) is 0 Å². The predicted molar refractivity (Wildman–Crippen MR) is 143 cm³/mol. The minimum absolute atomic E-state index is 0.0686. The third kappa shape index (κ3) is 5.82. The molecule has 0 saturated carbocycles. The number of anilines is 1. The Morgan fingerprint density at radius 1 is 1.38 bits per heavy atom. The molecule has 1 aliphatic carbocycles. The molecule has 1 unspecified atom stereocenters. The maximum Gasteiger partial charge on any atom is 0.246 e. The van der Waals surface area contributed by atoms with Gasteiger partial charge in [-0.25, -0.2) is 9.97 Å². The van der Waals surface area contributed by atoms with Gasteiger partial charge >= 0.3 is 0 Å². The molecule has 2 aromatic rings. The Morgan fingerprint density at radius 2 is 2.24 bits per heavy atom. The van der Waals surface area contributed by atoms with Gasteiger partial charge in [0.2, 0.25) is 5.91 Å². The van der Waals surface area contributed by atoms with Crippen LogP contribution in [0.25, 0.3) is 10.2 Å². The Balaban J connectivity index is 1.50. The van der Waals surface area contributed by atoms with E-state index in [9.17, 15) is 4.79 Å². The summed E-state index contributed by atoms with van der Waals surface area (Å²) in [5.41, 5.74) is 2.13. The number of likely N-dealkylation sites (N-methyl/N-ethyl adjacent to an activating group) is 1. The van der Waals surface area contributed by atoms with E-state index in [1.165, 1.54) is 10.4 Å². The predicted octanol–water partition coefficient (Wildman–Crippen LogP) is 5.68. The molecule has 1 N–H and O–H groups in total. The summed E-state index contributed by atoms with van der Waals surface area (Å²) in [6.07, 6.45) is 12.8. The maximum absolute atomic E-state index is 12.8. The molecule has 182 valence electrons. The van der Waals surface area contributed by atoms with Gasteiger partial charge in [0.05, 0.1) is 17.3 Å². The first-order valence-corrected chi connectivity index (χ1v) is 13.5. The normalized spacial score (nSPS) is 18.7. The average molecular weight is 521 g/mol. The highest BCUT2D eigenvalue weighted by molar-refractivity contribution is 7.19. The van der Waals surface area contributed by atoms with E-state index in [1.807, 2.05) is 17.1 Å². The Labute approximate surface area is 215 Å². The van der Waals surface area contributed by atoms with E-state index < -0.39 is 0 Å². The zero-order valence-electron chi connectivity index (χ0n) is 19.7. The van der Waals surface area contributed by atoms with Crippen molar-refractivity contribution < 1.29 is 4.79 Å². The molecule has 34 heavy (non-hydrogen) atoms. The summed E-state index contributed by atoms with van der Waals surface area (Å²) >= 11 is 14.3. The van der Waals surface area contributed by atoms with Crippen LogP contribution in [0.15, 0.2) is 41.4 Å². The van der Waals surface area contributed by atoms with Gasteiger partial charge < -0.3 is 10.2 Å². The molecule has 1 atom stereocenters. The van der Waals surface area contributed by atoms with Crippen LogP contribution in [-0.4, -0.2) is 57.2 Å². The van der Waals surface area contributed by atoms with E-state index in [1.54, 1.807) is 23.7 Å². The number of aromatic nitrogens is 2. The molecule has 0 bridgehead atoms. The van der Waals surface area contributed by atoms with Crippen molar-refractivity contribution in [2.45, 2.75) is 51.5 Å². The zero-order chi connectivity index (χ0) is 24.1. The summed E-state index contributed by atoms with van der Waals surface area (Å²) in [4.78, 5) is 28.2. The Morgan fingerprint density at radius 3 is 3.03 bits per heavy atom. The first-order valence-electron chi connectivity index (χ1n) is 11.9. The number of carbonyl (C=O) groups excluding carboxylic acids is 1. The number of nitrogens with zero attached hydrogens (tertiary/aromatic N) is 4. The van der Waals surface area contributed by atoms with E-state index in [2.05, 4.69) is 40.1 Å². The summed E-state index contributed by atoms with van der Waals surface area (Å²) in [5.74, 6) is 0.844. The van der Waals surface area contributed by atoms with Crippen molar-refractivity contribution in [3.63, 3.8) is 0 Å². The molecular formula is C25H31Cl2N5OS. The number of halogens is 2. The van der Waals surface area contributed by atoms with E-state index in [-0.39, 0.29) is 11.3 Å². The van der Waals surface area contributed by atoms with Crippen LogP contribution in [0.5, 0.6) is 0 Å². The maximum atomic E-state index is 12.8. The van der Waals surface area contributed by atoms with Gasteiger partial charge in [-0.05, 0) is 50.4 Å². The molecule has 3 heterocycles. The van der Waals surface area contributed by atoms with E-state index in [4.69, 9.17) is 23.2 Å². The lowest BCUT2D eigenvalue weighted by atomic mass is 10.0. The summed E-state index contributed by atoms with van der Waals surface area (Å²) < 4.78 is 0. The van der Waals surface area contributed by atoms with Crippen molar-refractivity contribution in [2.75, 3.05) is 31.5 Å². The second kappa shape index (κ2) is 11.7. The molecule has 0 aromatic carbocycles. The lowest BCUT2D eigenvalue weighted by Gasteiger charge is -2.26. The SMILES string of the molecule is CCCN(CC)C/C=C/C(=O)N1CCc2c(sc3ncnc(NC4=CCCC(Cl)C(Cl)=C4)c23)C1. The topological polar surface area (TPSA) is 61.4 Å². The fourth-order valence-corrected chi connectivity index (χ4v) is 5.98. The van der Waals surface area contributed by atoms with Crippen molar-refractivity contribution in [3.05, 3.63) is 51.8 Å². The molecule has 6 nitrogen and oxygen atoms in total. The number of alkyl halides is 1. The first-order chi connectivity index (χ1) is 16.5. The number of allylic oxidation sites excluding steroid dienone is 3. The minimum Gasteiger partial charge on any atom is -0.340 e. The second-order valence-corrected chi connectivity index (χ2v) is 10.6. The summed E-state index contributed by atoms with van der Waals surface area (Å²) in [6.45, 7) is 8.46. The molecule has 1 amide bonds. The van der Waals surface area contributed by atoms with E-state index in [0.717, 1.165) is 67.0 Å². The van der Waals surface area contributed by atoms with Gasteiger partial charge in [-0.15, -0.1) is 22.9 Å². The molecular weight excluding hydrogens is 489 g/mol. The van der Waals surface area contributed by atoms with Gasteiger partial charge in [0.1, 0.15) is 17.0 Å². The summed E-state index contributed by atoms with van der Waals surface area (Å²) in [6, 6.07) is 0. The number of thiophene rings is 1. The van der Waals surface area contributed by atoms with Gasteiger partial charge in [-0.2, -0.15) is 0 Å². The highest BCUT2D eigenvalue weighted by Gasteiger charge is 2.26. The molecule has 0 fully saturated rings. The third-order valence-corrected chi connectivity index (χ3v) is 8.26. The molecule has 0 spiro atoms. The van der Waals surface area contributed by atoms with Crippen LogP contribution in [0.4, 0.5) is 5.82 Å². The van der Waals surface area contributed by atoms with Gasteiger partial charge in [-0.3, -0.25) is 9.69 Å². The fraction of sp³-hybridized carbons (Fsp3) is 0.480. The highest BCUT2D eigenvalue weighted by Crippen LogP contribution is 2.38. The standard InChI is InChI=1S/C25H31Cl2N5OS/c1-3-11-31(4-2)12-6-9-22(33)32-13-10-18-21(15-32)34-25-23(18)24(28-16-29-25)30-17-7-5-8-19(26)20(27)14-17/h6-7,9,14,16,19H,3-5,8,10-13,15H2,1-2H3,(H,28,29,30)/b9-6+. The first kappa shape index (κ1) is 25.2. The van der Waals surface area contributed by atoms with Crippen molar-refractivity contribution >= 4 is 56.5 Å². The molecule has 2 aliphatic rings. The molecule has 4 rings (SSSR count). The number of hydrogen-bond acceptors (Lipinski definition) is 6. The summed E-state index contributed by atoms with van der Waals surface area (Å²) in [5, 5.41) is 4.95. The van der Waals surface area contributed by atoms with Crippen LogP contribution in [0.2, 0.25) is 0 Å². The number of carbonyl (C=O) groups is 1. The number of fused-ring (bicyclic) bond motifs is 3. The lowest BCUT2D eigenvalue weighted by Crippen LogP contribution is -2.34. The smallest absolute Gasteiger partial charge is 0.246 e. The minimum atomic E-state index is -0.161. The van der Waals surface area contributed by atoms with Crippen molar-refractivity contribution in [1.82, 2.24) is 19.8 Å². The van der Waals surface area contributed by atoms with Gasteiger partial charge in [0.15, 0.2) is 0 Å². The number of nitrogens with one attached hydrogen (secondary N) is 1. The fourth-order valence-electron chi connectivity index (χ4n) is 4.36. The van der Waals surface area contributed by atoms with Crippen LogP contribution in [0.3, 0.4) is 0 Å². The van der Waals surface area contributed by atoms with Gasteiger partial charge in [-0.1, -0.05) is 37.6 Å². The Bertz CT molecular complexity index is 1130. The van der Waals surface area contributed by atoms with Gasteiger partial charge in [0, 0.05) is 34.8 Å². The van der Waals surface area contributed by atoms with E-state index >= 15 is 0 Å². The van der Waals surface area contributed by atoms with Crippen LogP contribution < -0.4 is 5.32 Å². The van der Waals surface area contributed by atoms with Crippen LogP contribution in [-0.2, 0) is 17.8 Å². The van der Waals surface area contributed by atoms with Crippen LogP contribution >= 0.6 is 34.5 Å². The largest absolute Gasteiger partial charge is 0.340 e. The zero-order valence-corrected chi connectivity index (χ0v) is 22.0. The monoisotopic (exact) mass is 519 g/mol. The number of hydrogen-bond donors (Lipinski definition) is 1. The molecule has 9 heteroatoms. The highest BCUT2D eigenvalue weighted by atomic mass is 35.5. The number of amides is 1. The second-order valence-electron chi connectivity index (χ2n) is 8.57. The summed E-state index contributed by atoms with van der Waals surface area (Å²) in [7, 11) is 0. The molecule has 1 aliphatic heterocycles. The van der Waals surface area contributed by atoms with Gasteiger partial charge in [0.25, 0.3) is 0 Å². The number of rotatable bonds is 8. The molecule has 0 saturated heterocycles. The van der Waals surface area contributed by atoms with Crippen LogP contribution in [0, 0.1) is 0 Å². The molecule has 2 aromatic heterocycles. The van der Waals surface area contributed by atoms with Crippen molar-refractivity contribution in [3.8, 4) is 0 Å². The lowest BCUT2D eigenvalue weighted by molar-refractivity contribution is -0.126.